The zero-order chi connectivity index (χ0) is 32.8. The summed E-state index contributed by atoms with van der Waals surface area (Å²) in [6.07, 6.45) is 0.670. The monoisotopic (exact) mass is 687 g/mol. The van der Waals surface area contributed by atoms with Crippen molar-refractivity contribution >= 4 is 60.1 Å². The number of amides is 2. The maximum Gasteiger partial charge on any atom is 0.280 e. The van der Waals surface area contributed by atoms with E-state index in [4.69, 9.17) is 14.8 Å². The standard InChI is InChI=1S/C25H40N9O8P3/c1-2-15(35)6-4-3-5-11-27-17(36)9-7-14(32-33-26)8-10-18(37)29-25-30-22-19(23(40)31-25)28-13-34(22)24-21(39)20(38)16(42-24)12-41-44-45-43/h13-14,16,20-21,24,38-39,44-45H,2-12,43H2,1H3,(H,27,36)(H2,29,30,31,37,40)/t14?,16-,20?,21+,24-/m1/s1. The zero-order valence-electron chi connectivity index (χ0n) is 24.8. The average molecular weight is 688 g/mol. The summed E-state index contributed by atoms with van der Waals surface area (Å²) in [5.41, 5.74) is 8.26. The number of anilines is 1. The van der Waals surface area contributed by atoms with E-state index >= 15 is 0 Å². The van der Waals surface area contributed by atoms with Gasteiger partial charge in [-0.1, -0.05) is 26.4 Å². The van der Waals surface area contributed by atoms with Gasteiger partial charge in [0, 0.05) is 51.7 Å². The molecule has 2 aromatic heterocycles. The number of ketones is 1. The number of azide groups is 1. The third-order valence-electron chi connectivity index (χ3n) is 7.15. The van der Waals surface area contributed by atoms with Crippen molar-refractivity contribution in [2.75, 3.05) is 18.5 Å². The lowest BCUT2D eigenvalue weighted by Gasteiger charge is -2.16. The first-order valence-electron chi connectivity index (χ1n) is 14.6. The summed E-state index contributed by atoms with van der Waals surface area (Å²) in [6, 6.07) is -0.607. The van der Waals surface area contributed by atoms with Gasteiger partial charge in [-0.2, -0.15) is 4.98 Å². The SMILES string of the molecule is CCC(=O)CCCCCNC(=O)CCC(CCC(=O)Nc1nc2c(ncn2[C@@H]2O[C@H](COPPP)C(O)[C@@H]2O)c(=O)[nH]1)N=[N+]=[N-]. The Morgan fingerprint density at radius 1 is 1.22 bits per heavy atom. The van der Waals surface area contributed by atoms with Crippen LogP contribution in [0, 0.1) is 0 Å². The lowest BCUT2D eigenvalue weighted by atomic mass is 10.1. The van der Waals surface area contributed by atoms with Crippen molar-refractivity contribution in [3.8, 4) is 0 Å². The smallest absolute Gasteiger partial charge is 0.280 e. The van der Waals surface area contributed by atoms with Crippen molar-refractivity contribution in [1.82, 2.24) is 24.8 Å². The van der Waals surface area contributed by atoms with Crippen LogP contribution in [0.15, 0.2) is 16.2 Å². The highest BCUT2D eigenvalue weighted by molar-refractivity contribution is 8.37. The topological polar surface area (TPSA) is 247 Å². The van der Waals surface area contributed by atoms with Crippen molar-refractivity contribution in [1.29, 1.82) is 0 Å². The van der Waals surface area contributed by atoms with E-state index in [1.165, 1.54) is 10.9 Å². The largest absolute Gasteiger partial charge is 0.387 e. The Labute approximate surface area is 264 Å². The number of unbranched alkanes of at least 4 members (excludes halogenated alkanes) is 2. The summed E-state index contributed by atoms with van der Waals surface area (Å²) in [6.45, 7) is 2.40. The van der Waals surface area contributed by atoms with Gasteiger partial charge in [-0.15, -0.1) is 8.93 Å². The van der Waals surface area contributed by atoms with Crippen molar-refractivity contribution in [2.45, 2.75) is 95.3 Å². The second-order valence-corrected chi connectivity index (χ2v) is 15.2. The third kappa shape index (κ3) is 11.3. The Morgan fingerprint density at radius 2 is 1.98 bits per heavy atom. The molecule has 3 rings (SSSR count). The summed E-state index contributed by atoms with van der Waals surface area (Å²) in [4.78, 5) is 62.5. The molecular weight excluding hydrogens is 647 g/mol. The first-order chi connectivity index (χ1) is 21.7. The fourth-order valence-corrected chi connectivity index (χ4v) is 6.25. The van der Waals surface area contributed by atoms with Gasteiger partial charge in [0.2, 0.25) is 17.8 Å². The van der Waals surface area contributed by atoms with Crippen LogP contribution in [0.25, 0.3) is 21.6 Å². The maximum absolute atomic E-state index is 12.7. The molecule has 0 aromatic carbocycles. The Bertz CT molecular complexity index is 1400. The highest BCUT2D eigenvalue weighted by Gasteiger charge is 2.44. The minimum absolute atomic E-state index is 0.0209. The molecule has 2 aromatic rings. The number of aromatic amines is 1. The van der Waals surface area contributed by atoms with Gasteiger partial charge in [-0.25, -0.2) is 4.98 Å². The number of nitrogens with zero attached hydrogens (tertiary/aromatic N) is 6. The minimum atomic E-state index is -1.35. The second kappa shape index (κ2) is 19.2. The predicted molar refractivity (Wildman–Crippen MR) is 173 cm³/mol. The lowest BCUT2D eigenvalue weighted by molar-refractivity contribution is -0.121. The van der Waals surface area contributed by atoms with Crippen LogP contribution in [0.3, 0.4) is 0 Å². The van der Waals surface area contributed by atoms with E-state index in [2.05, 4.69) is 44.5 Å². The number of nitrogens with one attached hydrogen (secondary N) is 3. The van der Waals surface area contributed by atoms with E-state index in [-0.39, 0.29) is 69.6 Å². The Hall–Kier alpha value is -2.60. The molecule has 17 nitrogen and oxygen atoms in total. The van der Waals surface area contributed by atoms with Gasteiger partial charge in [-0.3, -0.25) is 34.0 Å². The van der Waals surface area contributed by atoms with Gasteiger partial charge < -0.3 is 24.8 Å². The van der Waals surface area contributed by atoms with Gasteiger partial charge in [0.05, 0.1) is 12.9 Å². The molecular formula is C25H40N9O8P3. The molecule has 5 unspecified atom stereocenters. The number of ether oxygens (including phenoxy) is 1. The highest BCUT2D eigenvalue weighted by Crippen LogP contribution is 2.44. The van der Waals surface area contributed by atoms with Crippen LogP contribution in [0.1, 0.15) is 70.9 Å². The van der Waals surface area contributed by atoms with E-state index < -0.39 is 42.0 Å². The summed E-state index contributed by atoms with van der Waals surface area (Å²) < 4.78 is 12.6. The average Bonchev–Trinajstić information content (AvgIpc) is 3.56. The van der Waals surface area contributed by atoms with Gasteiger partial charge in [0.15, 0.2) is 17.4 Å². The predicted octanol–water partition coefficient (Wildman–Crippen LogP) is 2.57. The van der Waals surface area contributed by atoms with Crippen LogP contribution >= 0.6 is 25.4 Å². The Balaban J connectivity index is 1.52. The fourth-order valence-electron chi connectivity index (χ4n) is 4.67. The first-order valence-corrected chi connectivity index (χ1v) is 19.3. The summed E-state index contributed by atoms with van der Waals surface area (Å²) >= 11 is 0. The Morgan fingerprint density at radius 3 is 2.69 bits per heavy atom. The van der Waals surface area contributed by atoms with Crippen LogP contribution in [-0.2, 0) is 23.6 Å². The van der Waals surface area contributed by atoms with Crippen LogP contribution in [-0.4, -0.2) is 84.8 Å². The quantitative estimate of drug-likeness (QED) is 0.0447. The molecule has 0 radical (unpaired) electrons. The number of carbonyl (C=O) groups is 3. The summed E-state index contributed by atoms with van der Waals surface area (Å²) in [7, 11) is 3.26. The number of rotatable bonds is 20. The van der Waals surface area contributed by atoms with Crippen LogP contribution < -0.4 is 16.2 Å². The zero-order valence-corrected chi connectivity index (χ0v) is 28.0. The molecule has 5 N–H and O–H groups in total. The molecule has 20 heteroatoms. The van der Waals surface area contributed by atoms with E-state index in [0.717, 1.165) is 19.3 Å². The normalized spacial score (nSPS) is 20.6. The molecule has 0 bridgehead atoms. The molecule has 2 amide bonds. The second-order valence-electron chi connectivity index (χ2n) is 10.4. The number of aliphatic hydroxyl groups is 2. The van der Waals surface area contributed by atoms with Gasteiger partial charge >= 0.3 is 0 Å². The molecule has 0 saturated carbocycles. The molecule has 248 valence electrons. The fraction of sp³-hybridized carbons (Fsp3) is 0.680. The van der Waals surface area contributed by atoms with E-state index in [9.17, 15) is 29.4 Å². The van der Waals surface area contributed by atoms with Crippen molar-refractivity contribution < 1.29 is 33.9 Å². The molecule has 3 heterocycles. The van der Waals surface area contributed by atoms with Crippen molar-refractivity contribution in [2.24, 2.45) is 5.11 Å². The molecule has 1 fully saturated rings. The molecule has 1 aliphatic rings. The van der Waals surface area contributed by atoms with Gasteiger partial charge in [0.1, 0.15) is 24.1 Å². The highest BCUT2D eigenvalue weighted by atomic mass is 32.4. The van der Waals surface area contributed by atoms with E-state index in [1.54, 1.807) is 0 Å². The molecule has 1 saturated heterocycles. The molecule has 45 heavy (non-hydrogen) atoms. The van der Waals surface area contributed by atoms with Gasteiger partial charge in [-0.05, 0) is 31.2 Å². The summed E-state index contributed by atoms with van der Waals surface area (Å²) in [5.74, 6) is -0.659. The van der Waals surface area contributed by atoms with Crippen LogP contribution in [0.5, 0.6) is 0 Å². The number of H-pyrrole nitrogens is 1. The molecule has 1 aliphatic heterocycles. The van der Waals surface area contributed by atoms with Crippen LogP contribution in [0.2, 0.25) is 0 Å². The third-order valence-corrected chi connectivity index (χ3v) is 9.43. The van der Waals surface area contributed by atoms with Crippen molar-refractivity contribution in [3.05, 3.63) is 27.1 Å². The number of hydrogen-bond donors (Lipinski definition) is 5. The lowest BCUT2D eigenvalue weighted by Crippen LogP contribution is -2.33. The molecule has 0 aliphatic carbocycles. The van der Waals surface area contributed by atoms with E-state index in [1.807, 2.05) is 6.92 Å². The summed E-state index contributed by atoms with van der Waals surface area (Å²) in [5, 5.41) is 30.1. The maximum atomic E-state index is 12.7. The number of hydrogen-bond acceptors (Lipinski definition) is 11. The first kappa shape index (κ1) is 36.9. The van der Waals surface area contributed by atoms with E-state index in [0.29, 0.717) is 27.3 Å². The van der Waals surface area contributed by atoms with Crippen molar-refractivity contribution in [3.63, 3.8) is 0 Å². The molecule has 8 atom stereocenters. The number of aromatic nitrogens is 4. The number of fused-ring (bicyclic) bond motifs is 1. The number of aliphatic hydroxyl groups excluding tert-OH is 2. The number of imidazole rings is 1. The van der Waals surface area contributed by atoms with Crippen LogP contribution in [0.4, 0.5) is 5.95 Å². The number of carbonyl (C=O) groups excluding carboxylic acids is 3. The number of Topliss-reactive ketones (excluding diaryl/α,β-unsaturated/α-hetero) is 1. The molecule has 0 spiro atoms. The minimum Gasteiger partial charge on any atom is -0.387 e. The van der Waals surface area contributed by atoms with Gasteiger partial charge in [0.25, 0.3) is 5.56 Å². The Kier molecular flexibility index (Phi) is 15.7.